The van der Waals surface area contributed by atoms with Crippen LogP contribution in [0.3, 0.4) is 0 Å². The van der Waals surface area contributed by atoms with Crippen LogP contribution in [0, 0.1) is 5.41 Å². The van der Waals surface area contributed by atoms with E-state index in [9.17, 15) is 0 Å². The molecule has 0 saturated carbocycles. The molecule has 1 aromatic carbocycles. The first-order chi connectivity index (χ1) is 9.47. The lowest BCUT2D eigenvalue weighted by atomic mass is 9.83. The Kier molecular flexibility index (Phi) is 7.08. The number of methoxy groups -OCH3 is 1. The summed E-state index contributed by atoms with van der Waals surface area (Å²) in [5, 5.41) is 3.62. The van der Waals surface area contributed by atoms with Gasteiger partial charge in [-0.1, -0.05) is 46.2 Å². The van der Waals surface area contributed by atoms with E-state index in [0.29, 0.717) is 11.5 Å². The molecule has 0 radical (unpaired) electrons. The first kappa shape index (κ1) is 17.0. The third-order valence-electron chi connectivity index (χ3n) is 3.86. The van der Waals surface area contributed by atoms with Crippen LogP contribution in [-0.2, 0) is 6.42 Å². The maximum atomic E-state index is 5.18. The lowest BCUT2D eigenvalue weighted by Gasteiger charge is -2.31. The minimum Gasteiger partial charge on any atom is -0.497 e. The van der Waals surface area contributed by atoms with Crippen molar-refractivity contribution in [2.75, 3.05) is 13.7 Å². The zero-order valence-electron chi connectivity index (χ0n) is 13.8. The van der Waals surface area contributed by atoms with Gasteiger partial charge >= 0.3 is 0 Å². The molecular formula is C18H31NO. The zero-order valence-corrected chi connectivity index (χ0v) is 13.8. The van der Waals surface area contributed by atoms with Crippen molar-refractivity contribution in [3.63, 3.8) is 0 Å². The Bertz CT molecular complexity index is 364. The fourth-order valence-electron chi connectivity index (χ4n) is 2.56. The van der Waals surface area contributed by atoms with Gasteiger partial charge in [-0.05, 0) is 48.9 Å². The second kappa shape index (κ2) is 8.31. The summed E-state index contributed by atoms with van der Waals surface area (Å²) in [6.07, 6.45) is 4.95. The highest BCUT2D eigenvalue weighted by Gasteiger charge is 2.22. The summed E-state index contributed by atoms with van der Waals surface area (Å²) in [5.74, 6) is 0.939. The maximum absolute atomic E-state index is 5.18. The van der Waals surface area contributed by atoms with E-state index in [-0.39, 0.29) is 0 Å². The molecule has 114 valence electrons. The van der Waals surface area contributed by atoms with Crippen LogP contribution in [0.15, 0.2) is 24.3 Å². The van der Waals surface area contributed by atoms with Crippen LogP contribution in [0.25, 0.3) is 0 Å². The molecular weight excluding hydrogens is 246 g/mol. The molecule has 0 fully saturated rings. The van der Waals surface area contributed by atoms with Crippen molar-refractivity contribution in [3.05, 3.63) is 29.8 Å². The largest absolute Gasteiger partial charge is 0.497 e. The smallest absolute Gasteiger partial charge is 0.118 e. The number of benzene rings is 1. The second-order valence-corrected chi connectivity index (χ2v) is 6.57. The van der Waals surface area contributed by atoms with Crippen molar-refractivity contribution in [2.24, 2.45) is 5.41 Å². The third kappa shape index (κ3) is 5.96. The van der Waals surface area contributed by atoms with Crippen LogP contribution in [0.1, 0.15) is 52.5 Å². The fraction of sp³-hybridized carbons (Fsp3) is 0.667. The average Bonchev–Trinajstić information content (AvgIpc) is 2.41. The minimum absolute atomic E-state index is 0.343. The molecule has 1 unspecified atom stereocenters. The molecule has 0 aliphatic heterocycles. The Morgan fingerprint density at radius 2 is 1.75 bits per heavy atom. The summed E-state index contributed by atoms with van der Waals surface area (Å²) >= 11 is 0. The minimum atomic E-state index is 0.343. The molecule has 0 heterocycles. The maximum Gasteiger partial charge on any atom is 0.118 e. The Morgan fingerprint density at radius 3 is 2.25 bits per heavy atom. The molecule has 1 N–H and O–H groups in total. The summed E-state index contributed by atoms with van der Waals surface area (Å²) in [4.78, 5) is 0. The van der Waals surface area contributed by atoms with Crippen molar-refractivity contribution < 1.29 is 4.74 Å². The van der Waals surface area contributed by atoms with Crippen molar-refractivity contribution >= 4 is 0 Å². The average molecular weight is 277 g/mol. The SMILES string of the molecule is CCNC(CCCCc1ccc(OC)cc1)C(C)(C)C. The Hall–Kier alpha value is -1.02. The number of aryl methyl sites for hydroxylation is 1. The highest BCUT2D eigenvalue weighted by Crippen LogP contribution is 2.24. The molecule has 1 aromatic rings. The van der Waals surface area contributed by atoms with Crippen molar-refractivity contribution in [1.29, 1.82) is 0 Å². The summed E-state index contributed by atoms with van der Waals surface area (Å²) < 4.78 is 5.18. The van der Waals surface area contributed by atoms with Gasteiger partial charge < -0.3 is 10.1 Å². The van der Waals surface area contributed by atoms with Gasteiger partial charge in [0.15, 0.2) is 0 Å². The van der Waals surface area contributed by atoms with Crippen LogP contribution in [0.5, 0.6) is 5.75 Å². The van der Waals surface area contributed by atoms with Crippen LogP contribution in [0.4, 0.5) is 0 Å². The van der Waals surface area contributed by atoms with E-state index in [4.69, 9.17) is 4.74 Å². The normalized spacial score (nSPS) is 13.2. The Labute approximate surface area is 124 Å². The van der Waals surface area contributed by atoms with Crippen LogP contribution >= 0.6 is 0 Å². The topological polar surface area (TPSA) is 21.3 Å². The van der Waals surface area contributed by atoms with Gasteiger partial charge in [0.05, 0.1) is 7.11 Å². The van der Waals surface area contributed by atoms with Crippen LogP contribution < -0.4 is 10.1 Å². The summed E-state index contributed by atoms with van der Waals surface area (Å²) in [6, 6.07) is 9.05. The predicted molar refractivity (Wildman–Crippen MR) is 87.5 cm³/mol. The number of hydrogen-bond acceptors (Lipinski definition) is 2. The molecule has 0 spiro atoms. The van der Waals surface area contributed by atoms with E-state index >= 15 is 0 Å². The predicted octanol–water partition coefficient (Wildman–Crippen LogP) is 4.43. The highest BCUT2D eigenvalue weighted by atomic mass is 16.5. The monoisotopic (exact) mass is 277 g/mol. The Balaban J connectivity index is 2.32. The third-order valence-corrected chi connectivity index (χ3v) is 3.86. The quantitative estimate of drug-likeness (QED) is 0.710. The van der Waals surface area contributed by atoms with Gasteiger partial charge in [-0.25, -0.2) is 0 Å². The molecule has 1 rings (SSSR count). The van der Waals surface area contributed by atoms with Crippen molar-refractivity contribution in [1.82, 2.24) is 5.32 Å². The van der Waals surface area contributed by atoms with Gasteiger partial charge in [-0.2, -0.15) is 0 Å². The molecule has 2 nitrogen and oxygen atoms in total. The Morgan fingerprint density at radius 1 is 1.10 bits per heavy atom. The molecule has 20 heavy (non-hydrogen) atoms. The van der Waals surface area contributed by atoms with E-state index in [1.807, 2.05) is 12.1 Å². The van der Waals surface area contributed by atoms with E-state index in [1.54, 1.807) is 7.11 Å². The number of ether oxygens (including phenoxy) is 1. The van der Waals surface area contributed by atoms with Gasteiger partial charge in [-0.15, -0.1) is 0 Å². The van der Waals surface area contributed by atoms with Gasteiger partial charge in [0.25, 0.3) is 0 Å². The number of unbranched alkanes of at least 4 members (excludes halogenated alkanes) is 1. The number of rotatable bonds is 8. The van der Waals surface area contributed by atoms with Gasteiger partial charge in [0.2, 0.25) is 0 Å². The first-order valence-corrected chi connectivity index (χ1v) is 7.83. The lowest BCUT2D eigenvalue weighted by molar-refractivity contribution is 0.253. The summed E-state index contributed by atoms with van der Waals surface area (Å²) in [7, 11) is 1.71. The first-order valence-electron chi connectivity index (χ1n) is 7.83. The molecule has 0 aliphatic rings. The number of nitrogens with one attached hydrogen (secondary N) is 1. The molecule has 0 amide bonds. The molecule has 0 saturated heterocycles. The molecule has 0 bridgehead atoms. The van der Waals surface area contributed by atoms with E-state index < -0.39 is 0 Å². The molecule has 1 atom stereocenters. The standard InChI is InChI=1S/C18H31NO/c1-6-19-17(18(2,3)4)10-8-7-9-15-11-13-16(20-5)14-12-15/h11-14,17,19H,6-10H2,1-5H3. The van der Waals surface area contributed by atoms with Crippen LogP contribution in [-0.4, -0.2) is 19.7 Å². The van der Waals surface area contributed by atoms with E-state index in [1.165, 1.54) is 24.8 Å². The van der Waals surface area contributed by atoms with Crippen LogP contribution in [0.2, 0.25) is 0 Å². The van der Waals surface area contributed by atoms with Crippen molar-refractivity contribution in [2.45, 2.75) is 59.4 Å². The highest BCUT2D eigenvalue weighted by molar-refractivity contribution is 5.27. The number of hydrogen-bond donors (Lipinski definition) is 1. The molecule has 0 aliphatic carbocycles. The van der Waals surface area contributed by atoms with Gasteiger partial charge in [-0.3, -0.25) is 0 Å². The lowest BCUT2D eigenvalue weighted by Crippen LogP contribution is -2.40. The molecule has 2 heteroatoms. The summed E-state index contributed by atoms with van der Waals surface area (Å²) in [5.41, 5.74) is 1.75. The fourth-order valence-corrected chi connectivity index (χ4v) is 2.56. The second-order valence-electron chi connectivity index (χ2n) is 6.57. The van der Waals surface area contributed by atoms with E-state index in [0.717, 1.165) is 18.7 Å². The van der Waals surface area contributed by atoms with Gasteiger partial charge in [0.1, 0.15) is 5.75 Å². The van der Waals surface area contributed by atoms with E-state index in [2.05, 4.69) is 45.1 Å². The zero-order chi connectivity index (χ0) is 15.0. The van der Waals surface area contributed by atoms with Crippen molar-refractivity contribution in [3.8, 4) is 5.75 Å². The van der Waals surface area contributed by atoms with Gasteiger partial charge in [0, 0.05) is 6.04 Å². The summed E-state index contributed by atoms with van der Waals surface area (Å²) in [6.45, 7) is 10.2. The molecule has 0 aromatic heterocycles.